The third-order valence-corrected chi connectivity index (χ3v) is 3.19. The molecule has 0 spiro atoms. The van der Waals surface area contributed by atoms with E-state index in [4.69, 9.17) is 17.3 Å². The van der Waals surface area contributed by atoms with Crippen LogP contribution < -0.4 is 10.6 Å². The monoisotopic (exact) mass is 241 g/mol. The van der Waals surface area contributed by atoms with Crippen molar-refractivity contribution in [2.75, 3.05) is 17.7 Å². The number of halogens is 1. The van der Waals surface area contributed by atoms with Gasteiger partial charge in [0.15, 0.2) is 0 Å². The van der Waals surface area contributed by atoms with Gasteiger partial charge in [0, 0.05) is 24.8 Å². The number of pyridine rings is 1. The third kappa shape index (κ3) is 3.01. The van der Waals surface area contributed by atoms with E-state index in [0.29, 0.717) is 16.9 Å². The van der Waals surface area contributed by atoms with Gasteiger partial charge in [0.1, 0.15) is 11.0 Å². The Balaban J connectivity index is 3.00. The van der Waals surface area contributed by atoms with Crippen molar-refractivity contribution in [3.8, 4) is 0 Å². The van der Waals surface area contributed by atoms with Gasteiger partial charge in [-0.3, -0.25) is 0 Å². The minimum absolute atomic E-state index is 0.174. The maximum atomic E-state index is 5.90. The van der Waals surface area contributed by atoms with E-state index in [-0.39, 0.29) is 5.41 Å². The van der Waals surface area contributed by atoms with Gasteiger partial charge < -0.3 is 10.6 Å². The number of hydrogen-bond acceptors (Lipinski definition) is 3. The Morgan fingerprint density at radius 3 is 2.38 bits per heavy atom. The Hall–Kier alpha value is -0.960. The van der Waals surface area contributed by atoms with E-state index in [9.17, 15) is 0 Å². The lowest BCUT2D eigenvalue weighted by Crippen LogP contribution is -2.39. The van der Waals surface area contributed by atoms with Gasteiger partial charge in [-0.15, -0.1) is 0 Å². The van der Waals surface area contributed by atoms with E-state index in [1.165, 1.54) is 0 Å². The highest BCUT2D eigenvalue weighted by Crippen LogP contribution is 2.28. The van der Waals surface area contributed by atoms with Crippen molar-refractivity contribution in [3.63, 3.8) is 0 Å². The molecule has 0 amide bonds. The molecule has 1 unspecified atom stereocenters. The van der Waals surface area contributed by atoms with Crippen molar-refractivity contribution in [2.24, 2.45) is 5.41 Å². The van der Waals surface area contributed by atoms with Gasteiger partial charge in [-0.1, -0.05) is 32.4 Å². The lowest BCUT2D eigenvalue weighted by atomic mass is 9.87. The van der Waals surface area contributed by atoms with Crippen molar-refractivity contribution in [3.05, 3.63) is 17.3 Å². The van der Waals surface area contributed by atoms with Gasteiger partial charge in [-0.2, -0.15) is 0 Å². The van der Waals surface area contributed by atoms with E-state index in [1.54, 1.807) is 6.07 Å². The summed E-state index contributed by atoms with van der Waals surface area (Å²) in [6.45, 7) is 8.75. The quantitative estimate of drug-likeness (QED) is 0.809. The van der Waals surface area contributed by atoms with Crippen molar-refractivity contribution < 1.29 is 0 Å². The molecule has 1 aromatic heterocycles. The van der Waals surface area contributed by atoms with Gasteiger partial charge in [0.2, 0.25) is 0 Å². The van der Waals surface area contributed by atoms with E-state index >= 15 is 0 Å². The predicted molar refractivity (Wildman–Crippen MR) is 71.0 cm³/mol. The highest BCUT2D eigenvalue weighted by molar-refractivity contribution is 6.29. The van der Waals surface area contributed by atoms with Crippen LogP contribution in [-0.2, 0) is 0 Å². The molecule has 1 rings (SSSR count). The second-order valence-electron chi connectivity index (χ2n) is 5.23. The molecule has 3 nitrogen and oxygen atoms in total. The SMILES string of the molecule is CC(N(C)c1cc(N)cc(Cl)n1)C(C)(C)C. The first-order valence-corrected chi connectivity index (χ1v) is 5.75. The number of nitrogens with two attached hydrogens (primary N) is 1. The van der Waals surface area contributed by atoms with Gasteiger partial charge in [-0.05, 0) is 18.4 Å². The Labute approximate surface area is 103 Å². The molecular weight excluding hydrogens is 222 g/mol. The van der Waals surface area contributed by atoms with Crippen LogP contribution in [0.2, 0.25) is 5.15 Å². The summed E-state index contributed by atoms with van der Waals surface area (Å²) in [5.41, 5.74) is 6.57. The number of rotatable bonds is 2. The molecule has 0 aliphatic heterocycles. The van der Waals surface area contributed by atoms with Crippen molar-refractivity contribution >= 4 is 23.1 Å². The van der Waals surface area contributed by atoms with Gasteiger partial charge in [0.05, 0.1) is 0 Å². The standard InChI is InChI=1S/C12H20ClN3/c1-8(12(2,3)4)16(5)11-7-9(14)6-10(13)15-11/h6-8H,1-5H3,(H2,14,15). The summed E-state index contributed by atoms with van der Waals surface area (Å²) < 4.78 is 0. The molecule has 2 N–H and O–H groups in total. The number of nitrogens with zero attached hydrogens (tertiary/aromatic N) is 2. The molecule has 0 aliphatic carbocycles. The Morgan fingerprint density at radius 1 is 1.38 bits per heavy atom. The van der Waals surface area contributed by atoms with Crippen molar-refractivity contribution in [1.29, 1.82) is 0 Å². The molecule has 16 heavy (non-hydrogen) atoms. The summed E-state index contributed by atoms with van der Waals surface area (Å²) in [4.78, 5) is 6.38. The molecule has 0 radical (unpaired) electrons. The molecule has 4 heteroatoms. The average molecular weight is 242 g/mol. The predicted octanol–water partition coefficient (Wildman–Crippen LogP) is 3.19. The maximum Gasteiger partial charge on any atom is 0.133 e. The molecule has 0 aliphatic rings. The number of anilines is 2. The summed E-state index contributed by atoms with van der Waals surface area (Å²) in [6.07, 6.45) is 0. The highest BCUT2D eigenvalue weighted by atomic mass is 35.5. The fraction of sp³-hybridized carbons (Fsp3) is 0.583. The maximum absolute atomic E-state index is 5.90. The van der Waals surface area contributed by atoms with Crippen LogP contribution in [0.1, 0.15) is 27.7 Å². The van der Waals surface area contributed by atoms with Crippen LogP contribution in [0.3, 0.4) is 0 Å². The molecule has 1 atom stereocenters. The summed E-state index contributed by atoms with van der Waals surface area (Å²) >= 11 is 5.90. The molecule has 90 valence electrons. The van der Waals surface area contributed by atoms with Crippen LogP contribution in [0.4, 0.5) is 11.5 Å². The largest absolute Gasteiger partial charge is 0.399 e. The number of hydrogen-bond donors (Lipinski definition) is 1. The van der Waals surface area contributed by atoms with E-state index in [2.05, 4.69) is 37.6 Å². The second-order valence-corrected chi connectivity index (χ2v) is 5.62. The minimum atomic E-state index is 0.174. The first kappa shape index (κ1) is 13.1. The number of aromatic nitrogens is 1. The van der Waals surface area contributed by atoms with Crippen molar-refractivity contribution in [2.45, 2.75) is 33.7 Å². The average Bonchev–Trinajstić information content (AvgIpc) is 2.12. The molecule has 0 aromatic carbocycles. The summed E-state index contributed by atoms with van der Waals surface area (Å²) in [5.74, 6) is 0.812. The molecule has 0 saturated heterocycles. The zero-order valence-electron chi connectivity index (χ0n) is 10.6. The first-order valence-electron chi connectivity index (χ1n) is 5.37. The third-order valence-electron chi connectivity index (χ3n) is 3.00. The topological polar surface area (TPSA) is 42.1 Å². The minimum Gasteiger partial charge on any atom is -0.399 e. The smallest absolute Gasteiger partial charge is 0.133 e. The van der Waals surface area contributed by atoms with Crippen LogP contribution in [-0.4, -0.2) is 18.1 Å². The second kappa shape index (κ2) is 4.50. The van der Waals surface area contributed by atoms with Gasteiger partial charge >= 0.3 is 0 Å². The van der Waals surface area contributed by atoms with Gasteiger partial charge in [-0.25, -0.2) is 4.98 Å². The summed E-state index contributed by atoms with van der Waals surface area (Å²) in [6, 6.07) is 3.84. The van der Waals surface area contributed by atoms with Crippen molar-refractivity contribution in [1.82, 2.24) is 4.98 Å². The van der Waals surface area contributed by atoms with Crippen LogP contribution in [0.15, 0.2) is 12.1 Å². The molecule has 1 heterocycles. The normalized spacial score (nSPS) is 13.6. The fourth-order valence-electron chi connectivity index (χ4n) is 1.46. The van der Waals surface area contributed by atoms with Crippen LogP contribution in [0.5, 0.6) is 0 Å². The lowest BCUT2D eigenvalue weighted by Gasteiger charge is -2.36. The van der Waals surface area contributed by atoms with E-state index in [1.807, 2.05) is 13.1 Å². The molecule has 1 aromatic rings. The molecule has 0 saturated carbocycles. The molecule has 0 fully saturated rings. The Kier molecular flexibility index (Phi) is 3.68. The van der Waals surface area contributed by atoms with E-state index in [0.717, 1.165) is 5.82 Å². The lowest BCUT2D eigenvalue weighted by molar-refractivity contribution is 0.328. The van der Waals surface area contributed by atoms with Gasteiger partial charge in [0.25, 0.3) is 0 Å². The zero-order valence-corrected chi connectivity index (χ0v) is 11.3. The van der Waals surface area contributed by atoms with Crippen LogP contribution >= 0.6 is 11.6 Å². The summed E-state index contributed by atoms with van der Waals surface area (Å²) in [7, 11) is 2.01. The van der Waals surface area contributed by atoms with Crippen LogP contribution in [0.25, 0.3) is 0 Å². The molecule has 0 bridgehead atoms. The zero-order chi connectivity index (χ0) is 12.5. The Bertz CT molecular complexity index is 351. The number of nitrogen functional groups attached to an aromatic ring is 1. The summed E-state index contributed by atoms with van der Waals surface area (Å²) in [5, 5.41) is 0.433. The fourth-order valence-corrected chi connectivity index (χ4v) is 1.67. The van der Waals surface area contributed by atoms with Crippen LogP contribution in [0, 0.1) is 5.41 Å². The first-order chi connectivity index (χ1) is 7.21. The van der Waals surface area contributed by atoms with E-state index < -0.39 is 0 Å². The highest BCUT2D eigenvalue weighted by Gasteiger charge is 2.24. The Morgan fingerprint density at radius 2 is 1.94 bits per heavy atom. The molecular formula is C12H20ClN3.